The Labute approximate surface area is 204 Å². The summed E-state index contributed by atoms with van der Waals surface area (Å²) in [6.07, 6.45) is 2.69. The number of nitrogens with one attached hydrogen (secondary N) is 1. The number of rotatable bonds is 5. The molecule has 2 aliphatic heterocycles. The predicted octanol–water partition coefficient (Wildman–Crippen LogP) is 1.52. The molecular formula is C25H26N4O5S. The molecule has 2 heterocycles. The molecule has 2 saturated heterocycles. The molecule has 1 unspecified atom stereocenters. The van der Waals surface area contributed by atoms with Crippen molar-refractivity contribution >= 4 is 33.9 Å². The maximum atomic E-state index is 13.3. The Bertz CT molecular complexity index is 1300. The fraction of sp³-hybridized carbons (Fsp3) is 0.320. The van der Waals surface area contributed by atoms with Crippen LogP contribution in [-0.4, -0.2) is 73.1 Å². The second kappa shape index (κ2) is 8.94. The van der Waals surface area contributed by atoms with Gasteiger partial charge >= 0.3 is 6.03 Å². The van der Waals surface area contributed by atoms with Gasteiger partial charge in [-0.15, -0.1) is 0 Å². The van der Waals surface area contributed by atoms with Gasteiger partial charge in [0, 0.05) is 31.6 Å². The maximum Gasteiger partial charge on any atom is 0.325 e. The Morgan fingerprint density at radius 1 is 0.971 bits per heavy atom. The van der Waals surface area contributed by atoms with E-state index in [0.29, 0.717) is 12.8 Å². The third kappa shape index (κ3) is 4.23. The van der Waals surface area contributed by atoms with Gasteiger partial charge in [-0.25, -0.2) is 13.2 Å². The number of carbonyl (C=O) groups excluding carboxylic acids is 3. The molecule has 182 valence electrons. The number of piperazine rings is 1. The number of amides is 4. The number of aryl methyl sites for hydroxylation is 1. The molecular weight excluding hydrogens is 468 g/mol. The molecule has 1 atom stereocenters. The molecule has 4 amide bonds. The van der Waals surface area contributed by atoms with Gasteiger partial charge in [0.15, 0.2) is 0 Å². The highest BCUT2D eigenvalue weighted by atomic mass is 32.2. The van der Waals surface area contributed by atoms with E-state index >= 15 is 0 Å². The van der Waals surface area contributed by atoms with Crippen LogP contribution in [0, 0.1) is 0 Å². The number of carbonyl (C=O) groups is 3. The molecule has 2 aromatic carbocycles. The summed E-state index contributed by atoms with van der Waals surface area (Å²) < 4.78 is 26.7. The maximum absolute atomic E-state index is 13.3. The van der Waals surface area contributed by atoms with Crippen molar-refractivity contribution in [3.63, 3.8) is 0 Å². The lowest BCUT2D eigenvalue weighted by Gasteiger charge is -2.34. The first-order valence-corrected chi connectivity index (χ1v) is 13.0. The zero-order valence-electron chi connectivity index (χ0n) is 19.1. The molecule has 0 bridgehead atoms. The van der Waals surface area contributed by atoms with Crippen molar-refractivity contribution in [2.24, 2.45) is 0 Å². The van der Waals surface area contributed by atoms with E-state index in [0.717, 1.165) is 21.6 Å². The third-order valence-corrected chi connectivity index (χ3v) is 8.46. The minimum atomic E-state index is -3.63. The normalized spacial score (nSPS) is 22.7. The van der Waals surface area contributed by atoms with Crippen LogP contribution in [0.5, 0.6) is 0 Å². The lowest BCUT2D eigenvalue weighted by Crippen LogP contribution is -2.53. The summed E-state index contributed by atoms with van der Waals surface area (Å²) in [5.74, 6) is -0.790. The predicted molar refractivity (Wildman–Crippen MR) is 129 cm³/mol. The fourth-order valence-corrected chi connectivity index (χ4v) is 6.15. The highest BCUT2D eigenvalue weighted by Crippen LogP contribution is 2.41. The molecule has 9 nitrogen and oxygen atoms in total. The standard InChI is InChI=1S/C25H26N4O5S/c30-22(18-29-23(31)25(26-24(29)32)12-10-20-8-4-5-9-21(20)25)27-13-15-28(16-14-27)35(33,34)17-11-19-6-2-1-3-7-19/h1-9,11,17H,10,12-16,18H2,(H,26,32)/b17-11+. The van der Waals surface area contributed by atoms with Gasteiger partial charge in [0.2, 0.25) is 15.9 Å². The van der Waals surface area contributed by atoms with Crippen molar-refractivity contribution < 1.29 is 22.8 Å². The van der Waals surface area contributed by atoms with Gasteiger partial charge in [-0.05, 0) is 35.6 Å². The molecule has 2 fully saturated rings. The Morgan fingerprint density at radius 3 is 2.40 bits per heavy atom. The minimum absolute atomic E-state index is 0.144. The van der Waals surface area contributed by atoms with Crippen molar-refractivity contribution in [1.29, 1.82) is 0 Å². The van der Waals surface area contributed by atoms with Gasteiger partial charge in [-0.1, -0.05) is 54.6 Å². The second-order valence-electron chi connectivity index (χ2n) is 8.92. The van der Waals surface area contributed by atoms with Gasteiger partial charge in [-0.2, -0.15) is 4.31 Å². The van der Waals surface area contributed by atoms with E-state index in [1.165, 1.54) is 14.6 Å². The van der Waals surface area contributed by atoms with E-state index in [1.54, 1.807) is 6.08 Å². The first kappa shape index (κ1) is 23.3. The number of sulfonamides is 1. The average Bonchev–Trinajstić information content (AvgIpc) is 3.36. The molecule has 0 saturated carbocycles. The molecule has 1 aliphatic carbocycles. The summed E-state index contributed by atoms with van der Waals surface area (Å²) in [5.41, 5.74) is 1.48. The summed E-state index contributed by atoms with van der Waals surface area (Å²) in [6, 6.07) is 16.1. The average molecular weight is 495 g/mol. The lowest BCUT2D eigenvalue weighted by atomic mass is 9.92. The summed E-state index contributed by atoms with van der Waals surface area (Å²) >= 11 is 0. The van der Waals surface area contributed by atoms with Gasteiger partial charge < -0.3 is 10.2 Å². The third-order valence-electron chi connectivity index (χ3n) is 6.90. The number of urea groups is 1. The molecule has 35 heavy (non-hydrogen) atoms. The highest BCUT2D eigenvalue weighted by molar-refractivity contribution is 7.92. The van der Waals surface area contributed by atoms with E-state index in [2.05, 4.69) is 5.32 Å². The van der Waals surface area contributed by atoms with Crippen LogP contribution in [-0.2, 0) is 31.6 Å². The second-order valence-corrected chi connectivity index (χ2v) is 10.7. The first-order chi connectivity index (χ1) is 16.8. The molecule has 1 N–H and O–H groups in total. The summed E-state index contributed by atoms with van der Waals surface area (Å²) in [6.45, 7) is 0.300. The SMILES string of the molecule is O=C(CN1C(=O)NC2(CCc3ccccc32)C1=O)N1CCN(S(=O)(=O)/C=C/c2ccccc2)CC1. The van der Waals surface area contributed by atoms with Crippen molar-refractivity contribution in [1.82, 2.24) is 19.4 Å². The Balaban J connectivity index is 1.20. The smallest absolute Gasteiger partial charge is 0.325 e. The van der Waals surface area contributed by atoms with Crippen LogP contribution in [0.3, 0.4) is 0 Å². The van der Waals surface area contributed by atoms with Crippen LogP contribution in [0.2, 0.25) is 0 Å². The molecule has 2 aromatic rings. The van der Waals surface area contributed by atoms with Gasteiger partial charge in [0.1, 0.15) is 12.1 Å². The Hall–Kier alpha value is -3.50. The minimum Gasteiger partial charge on any atom is -0.338 e. The Kier molecular flexibility index (Phi) is 5.94. The van der Waals surface area contributed by atoms with Crippen LogP contribution >= 0.6 is 0 Å². The number of hydrogen-bond acceptors (Lipinski definition) is 5. The van der Waals surface area contributed by atoms with Crippen molar-refractivity contribution in [2.75, 3.05) is 32.7 Å². The van der Waals surface area contributed by atoms with Crippen molar-refractivity contribution in [2.45, 2.75) is 18.4 Å². The van der Waals surface area contributed by atoms with E-state index < -0.39 is 27.5 Å². The van der Waals surface area contributed by atoms with Gasteiger partial charge in [0.25, 0.3) is 5.91 Å². The van der Waals surface area contributed by atoms with Crippen LogP contribution in [0.25, 0.3) is 6.08 Å². The van der Waals surface area contributed by atoms with Crippen LogP contribution in [0.4, 0.5) is 4.79 Å². The van der Waals surface area contributed by atoms with E-state index in [1.807, 2.05) is 54.6 Å². The molecule has 3 aliphatic rings. The van der Waals surface area contributed by atoms with E-state index in [-0.39, 0.29) is 38.6 Å². The number of imide groups is 1. The molecule has 1 spiro atoms. The number of fused-ring (bicyclic) bond motifs is 2. The number of benzene rings is 2. The summed E-state index contributed by atoms with van der Waals surface area (Å²) in [5, 5.41) is 3.99. The Morgan fingerprint density at radius 2 is 1.66 bits per heavy atom. The van der Waals surface area contributed by atoms with Crippen molar-refractivity contribution in [3.05, 3.63) is 76.7 Å². The highest BCUT2D eigenvalue weighted by Gasteiger charge is 2.55. The quantitative estimate of drug-likeness (QED) is 0.635. The monoisotopic (exact) mass is 494 g/mol. The summed E-state index contributed by atoms with van der Waals surface area (Å²) in [7, 11) is -3.63. The molecule has 5 rings (SSSR count). The summed E-state index contributed by atoms with van der Waals surface area (Å²) in [4.78, 5) is 41.4. The first-order valence-electron chi connectivity index (χ1n) is 11.5. The van der Waals surface area contributed by atoms with Crippen molar-refractivity contribution in [3.8, 4) is 0 Å². The number of nitrogens with zero attached hydrogens (tertiary/aromatic N) is 3. The van der Waals surface area contributed by atoms with Gasteiger partial charge in [0.05, 0.1) is 0 Å². The molecule has 10 heteroatoms. The zero-order chi connectivity index (χ0) is 24.6. The largest absolute Gasteiger partial charge is 0.338 e. The van der Waals surface area contributed by atoms with Gasteiger partial charge in [-0.3, -0.25) is 14.5 Å². The van der Waals surface area contributed by atoms with E-state index in [9.17, 15) is 22.8 Å². The van der Waals surface area contributed by atoms with Crippen LogP contribution < -0.4 is 5.32 Å². The fourth-order valence-electron chi connectivity index (χ4n) is 4.98. The van der Waals surface area contributed by atoms with Crippen LogP contribution in [0.1, 0.15) is 23.1 Å². The molecule has 0 aromatic heterocycles. The lowest BCUT2D eigenvalue weighted by molar-refractivity contribution is -0.139. The number of hydrogen-bond donors (Lipinski definition) is 1. The van der Waals surface area contributed by atoms with E-state index in [4.69, 9.17) is 0 Å². The molecule has 0 radical (unpaired) electrons. The zero-order valence-corrected chi connectivity index (χ0v) is 19.9. The topological polar surface area (TPSA) is 107 Å². The van der Waals surface area contributed by atoms with Crippen LogP contribution in [0.15, 0.2) is 60.0 Å².